The minimum Gasteiger partial charge on any atom is -0.493 e. The van der Waals surface area contributed by atoms with Crippen LogP contribution < -0.4 is 4.74 Å². The van der Waals surface area contributed by atoms with Crippen LogP contribution in [0.5, 0.6) is 5.75 Å². The maximum absolute atomic E-state index is 13.2. The van der Waals surface area contributed by atoms with Crippen molar-refractivity contribution in [2.45, 2.75) is 38.7 Å². The largest absolute Gasteiger partial charge is 0.493 e. The summed E-state index contributed by atoms with van der Waals surface area (Å²) in [5.74, 6) is -3.28. The normalized spacial score (nSPS) is 22.1. The second-order valence-corrected chi connectivity index (χ2v) is 4.54. The third-order valence-corrected chi connectivity index (χ3v) is 3.33. The van der Waals surface area contributed by atoms with Gasteiger partial charge in [0.1, 0.15) is 5.69 Å². The monoisotopic (exact) mass is 258 g/mol. The molecule has 100 valence electrons. The molecule has 0 saturated heterocycles. The van der Waals surface area contributed by atoms with Gasteiger partial charge in [0.05, 0.1) is 13.3 Å². The average molecular weight is 258 g/mol. The number of halogens is 2. The second kappa shape index (κ2) is 4.66. The fourth-order valence-electron chi connectivity index (χ4n) is 2.37. The second-order valence-electron chi connectivity index (χ2n) is 4.54. The van der Waals surface area contributed by atoms with E-state index in [1.807, 2.05) is 6.92 Å². The van der Waals surface area contributed by atoms with E-state index in [1.54, 1.807) is 0 Å². The number of alkyl halides is 2. The molecule has 0 radical (unpaired) electrons. The minimum absolute atomic E-state index is 0.216. The Kier molecular flexibility index (Phi) is 3.36. The Bertz CT molecular complexity index is 435. The summed E-state index contributed by atoms with van der Waals surface area (Å²) in [6.07, 6.45) is 1.09. The van der Waals surface area contributed by atoms with Crippen LogP contribution in [0.25, 0.3) is 0 Å². The molecule has 6 heteroatoms. The summed E-state index contributed by atoms with van der Waals surface area (Å²) in [6.45, 7) is 2.35. The van der Waals surface area contributed by atoms with Gasteiger partial charge in [0.2, 0.25) is 5.92 Å². The summed E-state index contributed by atoms with van der Waals surface area (Å²) in [4.78, 5) is 12.3. The summed E-state index contributed by atoms with van der Waals surface area (Å²) in [7, 11) is 1.44. The predicted octanol–water partition coefficient (Wildman–Crippen LogP) is 2.53. The molecule has 2 rings (SSSR count). The van der Waals surface area contributed by atoms with Crippen molar-refractivity contribution in [2.24, 2.45) is 5.92 Å². The first-order valence-corrected chi connectivity index (χ1v) is 6.00. The van der Waals surface area contributed by atoms with Gasteiger partial charge in [0.25, 0.3) is 0 Å². The lowest BCUT2D eigenvalue weighted by atomic mass is 9.99. The fraction of sp³-hybridized carbons (Fsp3) is 0.667. The zero-order chi connectivity index (χ0) is 13.3. The average Bonchev–Trinajstić information content (AvgIpc) is 2.90. The molecule has 1 saturated carbocycles. The minimum atomic E-state index is -2.72. The molecule has 0 spiro atoms. The highest BCUT2D eigenvalue weighted by molar-refractivity contribution is 5.99. The number of carbonyl (C=O) groups excluding carboxylic acids is 1. The molecule has 0 N–H and O–H groups in total. The number of Topliss-reactive ketones (excluding diaryl/α,β-unsaturated/α-hetero) is 1. The molecular formula is C12H16F2N2O2. The van der Waals surface area contributed by atoms with E-state index < -0.39 is 11.8 Å². The van der Waals surface area contributed by atoms with Crippen molar-refractivity contribution >= 4 is 5.78 Å². The van der Waals surface area contributed by atoms with E-state index in [0.29, 0.717) is 18.0 Å². The van der Waals surface area contributed by atoms with Gasteiger partial charge < -0.3 is 4.74 Å². The molecule has 1 aromatic heterocycles. The first-order chi connectivity index (χ1) is 8.48. The molecule has 0 bridgehead atoms. The summed E-state index contributed by atoms with van der Waals surface area (Å²) < 4.78 is 32.9. The molecule has 0 aromatic carbocycles. The number of methoxy groups -OCH3 is 1. The molecule has 1 fully saturated rings. The van der Waals surface area contributed by atoms with Crippen molar-refractivity contribution in [3.63, 3.8) is 0 Å². The summed E-state index contributed by atoms with van der Waals surface area (Å²) in [6, 6.07) is 0. The number of hydrogen-bond acceptors (Lipinski definition) is 3. The highest BCUT2D eigenvalue weighted by Gasteiger charge is 2.43. The van der Waals surface area contributed by atoms with Gasteiger partial charge in [-0.3, -0.25) is 9.48 Å². The van der Waals surface area contributed by atoms with E-state index >= 15 is 0 Å². The van der Waals surface area contributed by atoms with Crippen molar-refractivity contribution < 1.29 is 18.3 Å². The van der Waals surface area contributed by atoms with Crippen LogP contribution in [0.2, 0.25) is 0 Å². The van der Waals surface area contributed by atoms with E-state index in [-0.39, 0.29) is 25.0 Å². The van der Waals surface area contributed by atoms with Crippen molar-refractivity contribution in [1.29, 1.82) is 0 Å². The zero-order valence-electron chi connectivity index (χ0n) is 10.4. The highest BCUT2D eigenvalue weighted by Crippen LogP contribution is 2.41. The molecule has 1 aromatic rings. The molecule has 1 aliphatic carbocycles. The van der Waals surface area contributed by atoms with Gasteiger partial charge in [0.15, 0.2) is 11.5 Å². The van der Waals surface area contributed by atoms with Crippen molar-refractivity contribution in [3.05, 3.63) is 11.9 Å². The van der Waals surface area contributed by atoms with Gasteiger partial charge in [-0.2, -0.15) is 5.10 Å². The number of rotatable bonds is 4. The van der Waals surface area contributed by atoms with E-state index in [1.165, 1.54) is 18.0 Å². The SMILES string of the molecule is CCn1ncc(OC)c1C(=O)C1CCC(F)(F)C1. The van der Waals surface area contributed by atoms with Crippen LogP contribution in [0.15, 0.2) is 6.20 Å². The summed E-state index contributed by atoms with van der Waals surface area (Å²) in [5.41, 5.74) is 0.308. The molecule has 1 atom stereocenters. The van der Waals surface area contributed by atoms with Crippen molar-refractivity contribution in [1.82, 2.24) is 9.78 Å². The lowest BCUT2D eigenvalue weighted by molar-refractivity contribution is 0.00522. The van der Waals surface area contributed by atoms with E-state index in [9.17, 15) is 13.6 Å². The molecule has 18 heavy (non-hydrogen) atoms. The van der Waals surface area contributed by atoms with Gasteiger partial charge in [-0.25, -0.2) is 8.78 Å². The molecule has 1 heterocycles. The number of ketones is 1. The molecule has 0 amide bonds. The van der Waals surface area contributed by atoms with Crippen LogP contribution in [-0.4, -0.2) is 28.6 Å². The Morgan fingerprint density at radius 2 is 2.39 bits per heavy atom. The van der Waals surface area contributed by atoms with Gasteiger partial charge in [0, 0.05) is 25.3 Å². The molecule has 0 aliphatic heterocycles. The third kappa shape index (κ3) is 2.23. The number of hydrogen-bond donors (Lipinski definition) is 0. The van der Waals surface area contributed by atoms with Crippen LogP contribution in [0.4, 0.5) is 8.78 Å². The highest BCUT2D eigenvalue weighted by atomic mass is 19.3. The Hall–Kier alpha value is -1.46. The van der Waals surface area contributed by atoms with Crippen LogP contribution in [0.1, 0.15) is 36.7 Å². The molecule has 4 nitrogen and oxygen atoms in total. The van der Waals surface area contributed by atoms with E-state index in [2.05, 4.69) is 5.10 Å². The lowest BCUT2D eigenvalue weighted by Crippen LogP contribution is -2.19. The standard InChI is InChI=1S/C12H16F2N2O2/c1-3-16-10(9(18-2)7-15-16)11(17)8-4-5-12(13,14)6-8/h7-8H,3-6H2,1-2H3. The summed E-state index contributed by atoms with van der Waals surface area (Å²) in [5, 5.41) is 4.02. The number of nitrogens with zero attached hydrogens (tertiary/aromatic N) is 2. The van der Waals surface area contributed by atoms with E-state index in [0.717, 1.165) is 0 Å². The first-order valence-electron chi connectivity index (χ1n) is 6.00. The predicted molar refractivity (Wildman–Crippen MR) is 61.1 cm³/mol. The number of ether oxygens (including phenoxy) is 1. The Balaban J connectivity index is 2.26. The third-order valence-electron chi connectivity index (χ3n) is 3.33. The van der Waals surface area contributed by atoms with E-state index in [4.69, 9.17) is 4.74 Å². The topological polar surface area (TPSA) is 44.1 Å². The van der Waals surface area contributed by atoms with Crippen LogP contribution in [0.3, 0.4) is 0 Å². The maximum Gasteiger partial charge on any atom is 0.248 e. The van der Waals surface area contributed by atoms with Crippen molar-refractivity contribution in [3.8, 4) is 5.75 Å². The maximum atomic E-state index is 13.2. The van der Waals surface area contributed by atoms with Gasteiger partial charge >= 0.3 is 0 Å². The fourth-order valence-corrected chi connectivity index (χ4v) is 2.37. The Morgan fingerprint density at radius 3 is 2.89 bits per heavy atom. The van der Waals surface area contributed by atoms with Crippen molar-refractivity contribution in [2.75, 3.05) is 7.11 Å². The van der Waals surface area contributed by atoms with Gasteiger partial charge in [-0.05, 0) is 13.3 Å². The van der Waals surface area contributed by atoms with Gasteiger partial charge in [-0.15, -0.1) is 0 Å². The molecular weight excluding hydrogens is 242 g/mol. The Labute approximate surface area is 104 Å². The van der Waals surface area contributed by atoms with Crippen LogP contribution in [-0.2, 0) is 6.54 Å². The quantitative estimate of drug-likeness (QED) is 0.779. The number of aromatic nitrogens is 2. The number of aryl methyl sites for hydroxylation is 1. The smallest absolute Gasteiger partial charge is 0.248 e. The van der Waals surface area contributed by atoms with Crippen LogP contribution >= 0.6 is 0 Å². The molecule has 1 aliphatic rings. The Morgan fingerprint density at radius 1 is 1.67 bits per heavy atom. The van der Waals surface area contributed by atoms with Crippen LogP contribution in [0, 0.1) is 5.92 Å². The van der Waals surface area contributed by atoms with Gasteiger partial charge in [-0.1, -0.05) is 0 Å². The molecule has 1 unspecified atom stereocenters. The lowest BCUT2D eigenvalue weighted by Gasteiger charge is -2.12. The zero-order valence-corrected chi connectivity index (χ0v) is 10.4. The first kappa shape index (κ1) is 13.0. The number of carbonyl (C=O) groups is 1. The summed E-state index contributed by atoms with van der Waals surface area (Å²) >= 11 is 0.